The summed E-state index contributed by atoms with van der Waals surface area (Å²) in [5.74, 6) is -1.08. The summed E-state index contributed by atoms with van der Waals surface area (Å²) in [5.41, 5.74) is 0.373. The maximum absolute atomic E-state index is 14.0. The highest BCUT2D eigenvalue weighted by atomic mass is 19.1. The third kappa shape index (κ3) is 4.48. The summed E-state index contributed by atoms with van der Waals surface area (Å²) >= 11 is 0. The molecule has 2 N–H and O–H groups in total. The van der Waals surface area contributed by atoms with E-state index in [2.05, 4.69) is 15.3 Å². The largest absolute Gasteiger partial charge is 0.480 e. The van der Waals surface area contributed by atoms with Crippen molar-refractivity contribution < 1.29 is 18.7 Å². The number of nitrogens with zero attached hydrogens (tertiary/aromatic N) is 4. The number of anilines is 2. The Morgan fingerprint density at radius 2 is 2.03 bits per heavy atom. The van der Waals surface area contributed by atoms with E-state index < -0.39 is 29.9 Å². The molecule has 0 saturated carbocycles. The van der Waals surface area contributed by atoms with Crippen molar-refractivity contribution in [3.8, 4) is 11.5 Å². The third-order valence-electron chi connectivity index (χ3n) is 5.40. The van der Waals surface area contributed by atoms with Crippen molar-refractivity contribution in [2.24, 2.45) is 0 Å². The monoisotopic (exact) mass is 441 g/mol. The molecule has 0 bridgehead atoms. The van der Waals surface area contributed by atoms with Crippen molar-refractivity contribution in [1.82, 2.24) is 14.5 Å². The Hall–Kier alpha value is -3.69. The van der Waals surface area contributed by atoms with Crippen LogP contribution in [0.25, 0.3) is 11.5 Å². The van der Waals surface area contributed by atoms with E-state index in [4.69, 9.17) is 4.42 Å². The first-order chi connectivity index (χ1) is 15.4. The van der Waals surface area contributed by atoms with E-state index in [0.717, 1.165) is 32.4 Å². The molecular formula is C22H24FN5O4. The lowest BCUT2D eigenvalue weighted by Crippen LogP contribution is -2.38. The third-order valence-corrected chi connectivity index (χ3v) is 5.40. The molecule has 0 amide bonds. The number of aromatic nitrogens is 3. The van der Waals surface area contributed by atoms with Crippen LogP contribution in [0.2, 0.25) is 0 Å². The molecule has 1 aliphatic rings. The Morgan fingerprint density at radius 1 is 1.28 bits per heavy atom. The highest BCUT2D eigenvalue weighted by molar-refractivity contribution is 5.67. The molecule has 0 spiro atoms. The molecule has 1 saturated heterocycles. The van der Waals surface area contributed by atoms with E-state index in [-0.39, 0.29) is 17.1 Å². The number of rotatable bonds is 7. The van der Waals surface area contributed by atoms with Gasteiger partial charge in [-0.05, 0) is 38.3 Å². The van der Waals surface area contributed by atoms with E-state index >= 15 is 0 Å². The van der Waals surface area contributed by atoms with Crippen molar-refractivity contribution in [2.45, 2.75) is 38.8 Å². The van der Waals surface area contributed by atoms with Gasteiger partial charge in [-0.2, -0.15) is 0 Å². The maximum Gasteiger partial charge on any atom is 0.323 e. The zero-order chi connectivity index (χ0) is 22.7. The number of hydrogen-bond acceptors (Lipinski definition) is 7. The van der Waals surface area contributed by atoms with Gasteiger partial charge in [0.15, 0.2) is 0 Å². The van der Waals surface area contributed by atoms with Gasteiger partial charge in [0, 0.05) is 13.1 Å². The maximum atomic E-state index is 14.0. The summed E-state index contributed by atoms with van der Waals surface area (Å²) in [7, 11) is 0. The van der Waals surface area contributed by atoms with Crippen LogP contribution in [-0.2, 0) is 11.3 Å². The van der Waals surface area contributed by atoms with Crippen molar-refractivity contribution in [2.75, 3.05) is 23.3 Å². The number of carboxylic acids is 1. The zero-order valence-electron chi connectivity index (χ0n) is 17.6. The molecule has 0 aliphatic carbocycles. The lowest BCUT2D eigenvalue weighted by atomic mass is 10.1. The molecule has 9 nitrogen and oxygen atoms in total. The SMILES string of the molecule is CC(Nc1cnc(N2CCCCC2)n(CC(=O)O)c1=O)c1coc(-c2ccccc2F)n1. The van der Waals surface area contributed by atoms with E-state index in [0.29, 0.717) is 11.6 Å². The van der Waals surface area contributed by atoms with Crippen molar-refractivity contribution in [3.05, 3.63) is 58.6 Å². The van der Waals surface area contributed by atoms with Gasteiger partial charge in [-0.1, -0.05) is 12.1 Å². The van der Waals surface area contributed by atoms with E-state index in [1.54, 1.807) is 25.1 Å². The minimum absolute atomic E-state index is 0.133. The van der Waals surface area contributed by atoms with Crippen molar-refractivity contribution in [3.63, 3.8) is 0 Å². The Labute approximate surface area is 183 Å². The smallest absolute Gasteiger partial charge is 0.323 e. The van der Waals surface area contributed by atoms with Gasteiger partial charge >= 0.3 is 5.97 Å². The first-order valence-corrected chi connectivity index (χ1v) is 10.5. The normalized spacial score (nSPS) is 14.9. The van der Waals surface area contributed by atoms with Gasteiger partial charge in [0.2, 0.25) is 11.8 Å². The summed E-state index contributed by atoms with van der Waals surface area (Å²) in [4.78, 5) is 35.1. The molecule has 1 unspecified atom stereocenters. The highest BCUT2D eigenvalue weighted by Gasteiger charge is 2.22. The molecule has 32 heavy (non-hydrogen) atoms. The van der Waals surface area contributed by atoms with Crippen LogP contribution in [0.4, 0.5) is 16.0 Å². The molecule has 2 aromatic heterocycles. The lowest BCUT2D eigenvalue weighted by molar-refractivity contribution is -0.137. The zero-order valence-corrected chi connectivity index (χ0v) is 17.6. The van der Waals surface area contributed by atoms with E-state index in [1.165, 1.54) is 23.1 Å². The second-order valence-corrected chi connectivity index (χ2v) is 7.73. The van der Waals surface area contributed by atoms with Crippen LogP contribution in [0, 0.1) is 5.82 Å². The Morgan fingerprint density at radius 3 is 2.75 bits per heavy atom. The number of benzene rings is 1. The van der Waals surface area contributed by atoms with Gasteiger partial charge in [0.05, 0.1) is 17.8 Å². The quantitative estimate of drug-likeness (QED) is 0.574. The summed E-state index contributed by atoms with van der Waals surface area (Å²) in [5, 5.41) is 12.3. The summed E-state index contributed by atoms with van der Waals surface area (Å²) in [6.45, 7) is 2.74. The number of piperidine rings is 1. The predicted molar refractivity (Wildman–Crippen MR) is 116 cm³/mol. The lowest BCUT2D eigenvalue weighted by Gasteiger charge is -2.29. The Kier molecular flexibility index (Phi) is 6.20. The fourth-order valence-electron chi connectivity index (χ4n) is 3.76. The molecule has 3 aromatic rings. The molecule has 3 heterocycles. The molecular weight excluding hydrogens is 417 g/mol. The van der Waals surface area contributed by atoms with Crippen LogP contribution in [0.15, 0.2) is 45.9 Å². The first-order valence-electron chi connectivity index (χ1n) is 10.5. The fraction of sp³-hybridized carbons (Fsp3) is 0.364. The number of carbonyl (C=O) groups is 1. The van der Waals surface area contributed by atoms with Gasteiger partial charge < -0.3 is 19.7 Å². The number of oxazole rings is 1. The van der Waals surface area contributed by atoms with E-state index in [9.17, 15) is 19.1 Å². The number of hydrogen-bond donors (Lipinski definition) is 2. The minimum Gasteiger partial charge on any atom is -0.480 e. The van der Waals surface area contributed by atoms with Gasteiger partial charge in [-0.25, -0.2) is 14.4 Å². The second-order valence-electron chi connectivity index (χ2n) is 7.73. The molecule has 1 aromatic carbocycles. The molecule has 1 atom stereocenters. The van der Waals surface area contributed by atoms with E-state index in [1.807, 2.05) is 4.90 Å². The number of aliphatic carboxylic acids is 1. The van der Waals surface area contributed by atoms with Crippen molar-refractivity contribution >= 4 is 17.6 Å². The Balaban J connectivity index is 1.59. The predicted octanol–water partition coefficient (Wildman–Crippen LogP) is 3.29. The van der Waals surface area contributed by atoms with Gasteiger partial charge in [0.25, 0.3) is 5.56 Å². The van der Waals surface area contributed by atoms with Gasteiger partial charge in [-0.15, -0.1) is 0 Å². The Bertz CT molecular complexity index is 1170. The molecule has 4 rings (SSSR count). The summed E-state index contributed by atoms with van der Waals surface area (Å²) in [6.07, 6.45) is 5.85. The topological polar surface area (TPSA) is 113 Å². The number of carboxylic acid groups (broad SMARTS) is 1. The van der Waals surface area contributed by atoms with Crippen LogP contribution in [-0.4, -0.2) is 38.7 Å². The highest BCUT2D eigenvalue weighted by Crippen LogP contribution is 2.25. The van der Waals surface area contributed by atoms with Crippen molar-refractivity contribution in [1.29, 1.82) is 0 Å². The molecule has 1 aliphatic heterocycles. The average molecular weight is 441 g/mol. The van der Waals surface area contributed by atoms with Gasteiger partial charge in [-0.3, -0.25) is 14.2 Å². The number of nitrogens with one attached hydrogen (secondary N) is 1. The summed E-state index contributed by atoms with van der Waals surface area (Å²) < 4.78 is 20.6. The van der Waals surface area contributed by atoms with Crippen LogP contribution >= 0.6 is 0 Å². The molecule has 1 fully saturated rings. The van der Waals surface area contributed by atoms with Crippen LogP contribution in [0.1, 0.15) is 37.9 Å². The van der Waals surface area contributed by atoms with Crippen LogP contribution in [0.5, 0.6) is 0 Å². The van der Waals surface area contributed by atoms with Gasteiger partial charge in [0.1, 0.15) is 30.0 Å². The average Bonchev–Trinajstić information content (AvgIpc) is 3.27. The molecule has 0 radical (unpaired) electrons. The fourth-order valence-corrected chi connectivity index (χ4v) is 3.76. The minimum atomic E-state index is -1.12. The molecule has 168 valence electrons. The standard InChI is InChI=1S/C22H24FN5O4/c1-14(18-13-32-20(26-18)15-7-3-4-8-16(15)23)25-17-11-24-22(27-9-5-2-6-10-27)28(21(17)31)12-19(29)30/h3-4,7-8,11,13-14,25H,2,5-6,9-10,12H2,1H3,(H,29,30). The molecule has 10 heteroatoms. The van der Waals surface area contributed by atoms with Crippen LogP contribution < -0.4 is 15.8 Å². The first kappa shape index (κ1) is 21.5. The number of halogens is 1. The van der Waals surface area contributed by atoms with Crippen LogP contribution in [0.3, 0.4) is 0 Å². The summed E-state index contributed by atoms with van der Waals surface area (Å²) in [6, 6.07) is 5.69. The second kappa shape index (κ2) is 9.21.